The van der Waals surface area contributed by atoms with Crippen molar-refractivity contribution in [3.05, 3.63) is 112 Å². The molecule has 0 radical (unpaired) electrons. The zero-order chi connectivity index (χ0) is 23.0. The fourth-order valence-corrected chi connectivity index (χ4v) is 3.35. The molecule has 0 spiro atoms. The number of nitrogens with zero attached hydrogens (tertiary/aromatic N) is 3. The van der Waals surface area contributed by atoms with Crippen molar-refractivity contribution in [3.8, 4) is 17.1 Å². The van der Waals surface area contributed by atoms with Gasteiger partial charge in [0.2, 0.25) is 0 Å². The van der Waals surface area contributed by atoms with Crippen LogP contribution in [0.2, 0.25) is 0 Å². The van der Waals surface area contributed by atoms with Gasteiger partial charge in [-0.2, -0.15) is 5.10 Å². The van der Waals surface area contributed by atoms with Gasteiger partial charge in [0.15, 0.2) is 5.75 Å². The van der Waals surface area contributed by atoms with E-state index in [9.17, 15) is 10.1 Å². The minimum Gasteiger partial charge on any atom is -0.487 e. The largest absolute Gasteiger partial charge is 0.487 e. The second-order valence-electron chi connectivity index (χ2n) is 7.20. The van der Waals surface area contributed by atoms with Gasteiger partial charge in [-0.05, 0) is 48.9 Å². The molecule has 1 heterocycles. The number of nitro benzene ring substituents is 1. The molecular formula is C26H23N3O4. The Morgan fingerprint density at radius 3 is 2.42 bits per heavy atom. The molecule has 33 heavy (non-hydrogen) atoms. The zero-order valence-corrected chi connectivity index (χ0v) is 18.1. The molecule has 0 aliphatic carbocycles. The second-order valence-corrected chi connectivity index (χ2v) is 7.20. The number of furan rings is 1. The van der Waals surface area contributed by atoms with Gasteiger partial charge in [-0.15, -0.1) is 0 Å². The Hall–Kier alpha value is -4.39. The van der Waals surface area contributed by atoms with Crippen LogP contribution in [0.4, 0.5) is 11.4 Å². The SMILES string of the molecule is CCOc1ccc(-c2ccc(/C=N/N(Cc3ccccc3)c3ccccc3)o2)cc1[N+](=O)[O-]. The second kappa shape index (κ2) is 10.3. The van der Waals surface area contributed by atoms with Gasteiger partial charge < -0.3 is 9.15 Å². The Balaban J connectivity index is 1.58. The average molecular weight is 441 g/mol. The highest BCUT2D eigenvalue weighted by molar-refractivity contribution is 5.78. The lowest BCUT2D eigenvalue weighted by atomic mass is 10.1. The van der Waals surface area contributed by atoms with Crippen molar-refractivity contribution in [1.29, 1.82) is 0 Å². The lowest BCUT2D eigenvalue weighted by Gasteiger charge is -2.19. The Kier molecular flexibility index (Phi) is 6.80. The maximum absolute atomic E-state index is 11.4. The molecule has 0 unspecified atom stereocenters. The smallest absolute Gasteiger partial charge is 0.311 e. The highest BCUT2D eigenvalue weighted by Crippen LogP contribution is 2.33. The molecule has 4 rings (SSSR count). The van der Waals surface area contributed by atoms with Gasteiger partial charge in [-0.3, -0.25) is 15.1 Å². The van der Waals surface area contributed by atoms with E-state index >= 15 is 0 Å². The third-order valence-electron chi connectivity index (χ3n) is 4.92. The quantitative estimate of drug-likeness (QED) is 0.173. The van der Waals surface area contributed by atoms with Crippen LogP contribution in [0.1, 0.15) is 18.2 Å². The van der Waals surface area contributed by atoms with Gasteiger partial charge in [0.05, 0.1) is 30.0 Å². The fourth-order valence-electron chi connectivity index (χ4n) is 3.35. The molecule has 0 amide bonds. The van der Waals surface area contributed by atoms with Crippen LogP contribution in [0.5, 0.6) is 5.75 Å². The van der Waals surface area contributed by atoms with Gasteiger partial charge in [0, 0.05) is 11.6 Å². The fraction of sp³-hybridized carbons (Fsp3) is 0.115. The number of para-hydroxylation sites is 1. The molecule has 1 aromatic heterocycles. The van der Waals surface area contributed by atoms with Crippen LogP contribution in [0.25, 0.3) is 11.3 Å². The summed E-state index contributed by atoms with van der Waals surface area (Å²) in [5.41, 5.74) is 2.57. The molecule has 166 valence electrons. The third-order valence-corrected chi connectivity index (χ3v) is 4.92. The topological polar surface area (TPSA) is 81.1 Å². The van der Waals surface area contributed by atoms with E-state index in [4.69, 9.17) is 9.15 Å². The zero-order valence-electron chi connectivity index (χ0n) is 18.1. The Morgan fingerprint density at radius 2 is 1.73 bits per heavy atom. The number of anilines is 1. The molecule has 4 aromatic rings. The molecular weight excluding hydrogens is 418 g/mol. The monoisotopic (exact) mass is 441 g/mol. The Bertz CT molecular complexity index is 1240. The molecule has 7 nitrogen and oxygen atoms in total. The molecule has 7 heteroatoms. The van der Waals surface area contributed by atoms with E-state index in [0.29, 0.717) is 30.2 Å². The van der Waals surface area contributed by atoms with Crippen LogP contribution in [0, 0.1) is 10.1 Å². The number of hydrazone groups is 1. The standard InChI is InChI=1S/C26H23N3O4/c1-2-32-26-15-13-21(17-24(26)29(30)31)25-16-14-23(33-25)18-27-28(22-11-7-4-8-12-22)19-20-9-5-3-6-10-20/h3-18H,2,19H2,1H3/b27-18+. The third kappa shape index (κ3) is 5.46. The molecule has 0 saturated heterocycles. The molecule has 0 saturated carbocycles. The summed E-state index contributed by atoms with van der Waals surface area (Å²) in [6.45, 7) is 2.73. The Morgan fingerprint density at radius 1 is 1.00 bits per heavy atom. The number of hydrogen-bond acceptors (Lipinski definition) is 6. The predicted octanol–water partition coefficient (Wildman–Crippen LogP) is 6.29. The first kappa shape index (κ1) is 21.8. The van der Waals surface area contributed by atoms with E-state index in [1.165, 1.54) is 6.07 Å². The number of nitro groups is 1. The maximum Gasteiger partial charge on any atom is 0.311 e. The lowest BCUT2D eigenvalue weighted by Crippen LogP contribution is -2.15. The van der Waals surface area contributed by atoms with Crippen LogP contribution in [-0.2, 0) is 6.54 Å². The van der Waals surface area contributed by atoms with Crippen LogP contribution in [0.3, 0.4) is 0 Å². The van der Waals surface area contributed by atoms with Crippen molar-refractivity contribution >= 4 is 17.6 Å². The van der Waals surface area contributed by atoms with Crippen molar-refractivity contribution in [1.82, 2.24) is 0 Å². The van der Waals surface area contributed by atoms with Gasteiger partial charge in [0.25, 0.3) is 0 Å². The maximum atomic E-state index is 11.4. The minimum absolute atomic E-state index is 0.0981. The summed E-state index contributed by atoms with van der Waals surface area (Å²) in [6.07, 6.45) is 1.64. The van der Waals surface area contributed by atoms with Crippen LogP contribution >= 0.6 is 0 Å². The number of hydrogen-bond donors (Lipinski definition) is 0. The van der Waals surface area contributed by atoms with E-state index < -0.39 is 4.92 Å². The van der Waals surface area contributed by atoms with Crippen LogP contribution in [0.15, 0.2) is 101 Å². The molecule has 0 bridgehead atoms. The molecule has 0 aliphatic rings. The van der Waals surface area contributed by atoms with E-state index in [2.05, 4.69) is 17.2 Å². The predicted molar refractivity (Wildman–Crippen MR) is 129 cm³/mol. The van der Waals surface area contributed by atoms with Crippen molar-refractivity contribution < 1.29 is 14.1 Å². The van der Waals surface area contributed by atoms with Gasteiger partial charge >= 0.3 is 5.69 Å². The van der Waals surface area contributed by atoms with Crippen molar-refractivity contribution in [2.75, 3.05) is 11.6 Å². The molecule has 0 aliphatic heterocycles. The number of rotatable bonds is 9. The van der Waals surface area contributed by atoms with Gasteiger partial charge in [-0.1, -0.05) is 48.5 Å². The summed E-state index contributed by atoms with van der Waals surface area (Å²) >= 11 is 0. The van der Waals surface area contributed by atoms with Gasteiger partial charge in [-0.25, -0.2) is 0 Å². The Labute approximate surface area is 191 Å². The van der Waals surface area contributed by atoms with Crippen molar-refractivity contribution in [3.63, 3.8) is 0 Å². The van der Waals surface area contributed by atoms with Crippen molar-refractivity contribution in [2.24, 2.45) is 5.10 Å². The summed E-state index contributed by atoms with van der Waals surface area (Å²) in [7, 11) is 0. The van der Waals surface area contributed by atoms with Crippen molar-refractivity contribution in [2.45, 2.75) is 13.5 Å². The van der Waals surface area contributed by atoms with E-state index in [0.717, 1.165) is 11.3 Å². The highest BCUT2D eigenvalue weighted by atomic mass is 16.6. The number of ether oxygens (including phenoxy) is 1. The molecule has 0 fully saturated rings. The molecule has 0 atom stereocenters. The first-order chi connectivity index (χ1) is 16.1. The average Bonchev–Trinajstić information content (AvgIpc) is 3.32. The summed E-state index contributed by atoms with van der Waals surface area (Å²) in [5.74, 6) is 1.28. The molecule has 0 N–H and O–H groups in total. The summed E-state index contributed by atoms with van der Waals surface area (Å²) in [4.78, 5) is 11.0. The van der Waals surface area contributed by atoms with E-state index in [1.807, 2.05) is 53.5 Å². The van der Waals surface area contributed by atoms with E-state index in [-0.39, 0.29) is 11.4 Å². The summed E-state index contributed by atoms with van der Waals surface area (Å²) < 4.78 is 11.3. The minimum atomic E-state index is -0.457. The van der Waals surface area contributed by atoms with E-state index in [1.54, 1.807) is 37.4 Å². The van der Waals surface area contributed by atoms with Gasteiger partial charge in [0.1, 0.15) is 11.5 Å². The number of benzene rings is 3. The first-order valence-corrected chi connectivity index (χ1v) is 10.6. The highest BCUT2D eigenvalue weighted by Gasteiger charge is 2.17. The van der Waals surface area contributed by atoms with Crippen LogP contribution in [-0.4, -0.2) is 17.7 Å². The summed E-state index contributed by atoms with van der Waals surface area (Å²) in [6, 6.07) is 28.3. The lowest BCUT2D eigenvalue weighted by molar-refractivity contribution is -0.385. The first-order valence-electron chi connectivity index (χ1n) is 10.6. The normalized spacial score (nSPS) is 10.9. The summed E-state index contributed by atoms with van der Waals surface area (Å²) in [5, 5.41) is 17.9. The molecule has 3 aromatic carbocycles. The van der Waals surface area contributed by atoms with Crippen LogP contribution < -0.4 is 9.75 Å².